The Hall–Kier alpha value is -1.49. The first-order chi connectivity index (χ1) is 13.4. The van der Waals surface area contributed by atoms with Crippen LogP contribution in [0.25, 0.3) is 0 Å². The molecule has 1 atom stereocenters. The molecule has 0 bridgehead atoms. The molecule has 28 heavy (non-hydrogen) atoms. The number of aromatic nitrogens is 2. The van der Waals surface area contributed by atoms with Gasteiger partial charge in [-0.3, -0.25) is 14.4 Å². The van der Waals surface area contributed by atoms with Crippen LogP contribution >= 0.6 is 0 Å². The molecule has 2 aliphatic rings. The van der Waals surface area contributed by atoms with E-state index in [9.17, 15) is 13.2 Å². The van der Waals surface area contributed by atoms with E-state index >= 15 is 0 Å². The summed E-state index contributed by atoms with van der Waals surface area (Å²) in [6.07, 6.45) is 5.75. The highest BCUT2D eigenvalue weighted by atomic mass is 32.2. The maximum atomic E-state index is 12.3. The smallest absolute Gasteiger partial charge is 0.271 e. The van der Waals surface area contributed by atoms with E-state index in [-0.39, 0.29) is 11.9 Å². The van der Waals surface area contributed by atoms with Crippen molar-refractivity contribution in [3.05, 3.63) is 18.0 Å². The lowest BCUT2D eigenvalue weighted by Gasteiger charge is -2.38. The summed E-state index contributed by atoms with van der Waals surface area (Å²) >= 11 is 0. The fourth-order valence-electron chi connectivity index (χ4n) is 4.01. The number of rotatable bonds is 8. The van der Waals surface area contributed by atoms with Crippen LogP contribution in [0.15, 0.2) is 12.3 Å². The molecular formula is C18H31N5O4S. The van der Waals surface area contributed by atoms with Gasteiger partial charge in [-0.2, -0.15) is 5.10 Å². The van der Waals surface area contributed by atoms with Crippen molar-refractivity contribution in [1.82, 2.24) is 24.3 Å². The molecule has 3 heterocycles. The molecule has 1 amide bonds. The summed E-state index contributed by atoms with van der Waals surface area (Å²) in [5, 5.41) is 7.18. The molecule has 0 radical (unpaired) electrons. The zero-order valence-electron chi connectivity index (χ0n) is 16.7. The van der Waals surface area contributed by atoms with Crippen LogP contribution < -0.4 is 5.32 Å². The van der Waals surface area contributed by atoms with Crippen molar-refractivity contribution in [2.24, 2.45) is 0 Å². The Morgan fingerprint density at radius 2 is 2.07 bits per heavy atom. The van der Waals surface area contributed by atoms with Gasteiger partial charge in [0, 0.05) is 64.2 Å². The molecule has 2 fully saturated rings. The molecule has 9 nitrogen and oxygen atoms in total. The molecule has 1 aromatic heterocycles. The second-order valence-corrected chi connectivity index (χ2v) is 9.44. The number of hydrogen-bond acceptors (Lipinski definition) is 6. The zero-order chi connectivity index (χ0) is 20.1. The second kappa shape index (κ2) is 9.34. The molecule has 3 rings (SSSR count). The fourth-order valence-corrected chi connectivity index (χ4v) is 4.89. The molecule has 1 N–H and O–H groups in total. The normalized spacial score (nSPS) is 22.0. The van der Waals surface area contributed by atoms with Crippen molar-refractivity contribution in [1.29, 1.82) is 0 Å². The predicted octanol–water partition coefficient (Wildman–Crippen LogP) is 0.148. The Kier molecular flexibility index (Phi) is 7.08. The Balaban J connectivity index is 1.59. The molecule has 1 unspecified atom stereocenters. The number of nitrogens with zero attached hydrogens (tertiary/aromatic N) is 4. The minimum Gasteiger partial charge on any atom is -0.381 e. The van der Waals surface area contributed by atoms with Crippen molar-refractivity contribution < 1.29 is 17.9 Å². The molecule has 0 aromatic carbocycles. The quantitative estimate of drug-likeness (QED) is 0.652. The zero-order valence-corrected chi connectivity index (χ0v) is 17.5. The number of hydrogen-bond donors (Lipinski definition) is 1. The van der Waals surface area contributed by atoms with Crippen LogP contribution in [0.5, 0.6) is 0 Å². The molecular weight excluding hydrogens is 382 g/mol. The molecule has 0 saturated carbocycles. The van der Waals surface area contributed by atoms with E-state index in [1.165, 1.54) is 6.26 Å². The first kappa shape index (κ1) is 21.2. The van der Waals surface area contributed by atoms with Gasteiger partial charge in [-0.15, -0.1) is 0 Å². The van der Waals surface area contributed by atoms with Gasteiger partial charge in [0.25, 0.3) is 5.91 Å². The first-order valence-electron chi connectivity index (χ1n) is 9.98. The molecule has 2 aliphatic heterocycles. The van der Waals surface area contributed by atoms with E-state index in [1.54, 1.807) is 21.3 Å². The van der Waals surface area contributed by atoms with Crippen molar-refractivity contribution in [2.45, 2.75) is 44.8 Å². The van der Waals surface area contributed by atoms with E-state index in [4.69, 9.17) is 4.74 Å². The van der Waals surface area contributed by atoms with Crippen molar-refractivity contribution in [3.8, 4) is 0 Å². The summed E-state index contributed by atoms with van der Waals surface area (Å²) in [4.78, 5) is 14.7. The Morgan fingerprint density at radius 1 is 1.32 bits per heavy atom. The average molecular weight is 414 g/mol. The van der Waals surface area contributed by atoms with Gasteiger partial charge in [0.15, 0.2) is 0 Å². The van der Waals surface area contributed by atoms with Crippen molar-refractivity contribution in [2.75, 3.05) is 45.6 Å². The monoisotopic (exact) mass is 413 g/mol. The van der Waals surface area contributed by atoms with Crippen molar-refractivity contribution >= 4 is 15.9 Å². The Labute approximate surface area is 167 Å². The van der Waals surface area contributed by atoms with Crippen LogP contribution in [0.3, 0.4) is 0 Å². The highest BCUT2D eigenvalue weighted by molar-refractivity contribution is 7.88. The van der Waals surface area contributed by atoms with E-state index in [0.29, 0.717) is 37.9 Å². The summed E-state index contributed by atoms with van der Waals surface area (Å²) < 4.78 is 32.5. The van der Waals surface area contributed by atoms with Gasteiger partial charge in [-0.1, -0.05) is 0 Å². The molecule has 1 aromatic rings. The summed E-state index contributed by atoms with van der Waals surface area (Å²) in [6, 6.07) is 2.25. The maximum Gasteiger partial charge on any atom is 0.271 e. The number of carbonyl (C=O) groups is 1. The third-order valence-corrected chi connectivity index (χ3v) is 6.85. The van der Waals surface area contributed by atoms with Gasteiger partial charge in [0.1, 0.15) is 5.69 Å². The summed E-state index contributed by atoms with van der Waals surface area (Å²) in [7, 11) is -3.17. The van der Waals surface area contributed by atoms with E-state index in [1.807, 2.05) is 6.92 Å². The van der Waals surface area contributed by atoms with Gasteiger partial charge in [-0.25, -0.2) is 12.7 Å². The predicted molar refractivity (Wildman–Crippen MR) is 106 cm³/mol. The molecule has 0 spiro atoms. The van der Waals surface area contributed by atoms with Crippen LogP contribution in [0.4, 0.5) is 0 Å². The first-order valence-corrected chi connectivity index (χ1v) is 11.8. The van der Waals surface area contributed by atoms with Gasteiger partial charge < -0.3 is 10.1 Å². The lowest BCUT2D eigenvalue weighted by atomic mass is 10.0. The van der Waals surface area contributed by atoms with Gasteiger partial charge >= 0.3 is 0 Å². The van der Waals surface area contributed by atoms with E-state index in [0.717, 1.165) is 39.0 Å². The molecule has 0 aliphatic carbocycles. The Bertz CT molecular complexity index is 760. The van der Waals surface area contributed by atoms with Crippen LogP contribution in [-0.4, -0.2) is 91.0 Å². The second-order valence-electron chi connectivity index (χ2n) is 7.46. The maximum absolute atomic E-state index is 12.3. The summed E-state index contributed by atoms with van der Waals surface area (Å²) in [6.45, 7) is 6.42. The third kappa shape index (κ3) is 5.31. The molecule has 158 valence electrons. The van der Waals surface area contributed by atoms with Crippen LogP contribution in [0, 0.1) is 0 Å². The minimum absolute atomic E-state index is 0.175. The number of ether oxygens (including phenoxy) is 1. The third-order valence-electron chi connectivity index (χ3n) is 5.58. The van der Waals surface area contributed by atoms with Crippen LogP contribution in [-0.2, 0) is 21.3 Å². The lowest BCUT2D eigenvalue weighted by molar-refractivity contribution is 0.0194. The largest absolute Gasteiger partial charge is 0.381 e. The fraction of sp³-hybridized carbons (Fsp3) is 0.778. The standard InChI is InChI=1S/C18H31N5O4S/c1-3-21-9-5-17(20-21)18(24)19-8-11-23(15-6-12-27-13-7-15)16-4-10-22(14-16)28(2,25)26/h5,9,15-16H,3-4,6-8,10-14H2,1-2H3,(H,19,24). The number of sulfonamides is 1. The van der Waals surface area contributed by atoms with Gasteiger partial charge in [0.05, 0.1) is 6.26 Å². The highest BCUT2D eigenvalue weighted by Gasteiger charge is 2.35. The highest BCUT2D eigenvalue weighted by Crippen LogP contribution is 2.24. The topological polar surface area (TPSA) is 96.8 Å². The van der Waals surface area contributed by atoms with E-state index < -0.39 is 10.0 Å². The lowest BCUT2D eigenvalue weighted by Crippen LogP contribution is -2.50. The van der Waals surface area contributed by atoms with Crippen LogP contribution in [0.2, 0.25) is 0 Å². The Morgan fingerprint density at radius 3 is 2.68 bits per heavy atom. The van der Waals surface area contributed by atoms with E-state index in [2.05, 4.69) is 15.3 Å². The number of amides is 1. The SMILES string of the molecule is CCn1ccc(C(=O)NCCN(C2CCOCC2)C2CCN(S(C)(=O)=O)C2)n1. The van der Waals surface area contributed by atoms with Gasteiger partial charge in [0.2, 0.25) is 10.0 Å². The number of aryl methyl sites for hydroxylation is 1. The average Bonchev–Trinajstić information content (AvgIpc) is 3.35. The number of nitrogens with one attached hydrogen (secondary N) is 1. The number of carbonyl (C=O) groups excluding carboxylic acids is 1. The summed E-state index contributed by atoms with van der Waals surface area (Å²) in [5.74, 6) is -0.177. The van der Waals surface area contributed by atoms with Crippen LogP contribution in [0.1, 0.15) is 36.7 Å². The molecule has 10 heteroatoms. The minimum atomic E-state index is -3.17. The molecule has 2 saturated heterocycles. The summed E-state index contributed by atoms with van der Waals surface area (Å²) in [5.41, 5.74) is 0.420. The van der Waals surface area contributed by atoms with Crippen molar-refractivity contribution in [3.63, 3.8) is 0 Å². The van der Waals surface area contributed by atoms with Gasteiger partial charge in [-0.05, 0) is 32.3 Å².